The molecule has 0 saturated heterocycles. The standard InChI is InChI=1S/C15H21N3/c1-4-14-13(10-16-5-2)11-17-18(14)15-9-7-6-8-12(15)3/h6-9,11,16H,4-5,10H2,1-3H3. The Morgan fingerprint density at radius 3 is 2.67 bits per heavy atom. The van der Waals surface area contributed by atoms with E-state index >= 15 is 0 Å². The Kier molecular flexibility index (Phi) is 4.15. The van der Waals surface area contributed by atoms with E-state index < -0.39 is 0 Å². The molecule has 3 heteroatoms. The minimum atomic E-state index is 0.894. The van der Waals surface area contributed by atoms with Crippen LogP contribution >= 0.6 is 0 Å². The van der Waals surface area contributed by atoms with Gasteiger partial charge in [0.2, 0.25) is 0 Å². The largest absolute Gasteiger partial charge is 0.313 e. The van der Waals surface area contributed by atoms with Gasteiger partial charge in [0.15, 0.2) is 0 Å². The van der Waals surface area contributed by atoms with E-state index in [1.165, 1.54) is 22.5 Å². The van der Waals surface area contributed by atoms with Crippen molar-refractivity contribution in [1.29, 1.82) is 0 Å². The molecule has 1 N–H and O–H groups in total. The Morgan fingerprint density at radius 2 is 2.00 bits per heavy atom. The lowest BCUT2D eigenvalue weighted by atomic mass is 10.1. The minimum Gasteiger partial charge on any atom is -0.313 e. The van der Waals surface area contributed by atoms with E-state index in [4.69, 9.17) is 0 Å². The smallest absolute Gasteiger partial charge is 0.0678 e. The van der Waals surface area contributed by atoms with Gasteiger partial charge in [-0.1, -0.05) is 32.0 Å². The fraction of sp³-hybridized carbons (Fsp3) is 0.400. The van der Waals surface area contributed by atoms with Crippen molar-refractivity contribution in [3.05, 3.63) is 47.3 Å². The summed E-state index contributed by atoms with van der Waals surface area (Å²) in [5.41, 5.74) is 5.02. The van der Waals surface area contributed by atoms with Crippen LogP contribution in [0.2, 0.25) is 0 Å². The molecule has 0 atom stereocenters. The van der Waals surface area contributed by atoms with Crippen LogP contribution in [0.4, 0.5) is 0 Å². The quantitative estimate of drug-likeness (QED) is 0.875. The summed E-state index contributed by atoms with van der Waals surface area (Å²) in [6.45, 7) is 8.31. The molecule has 0 aliphatic carbocycles. The molecule has 0 bridgehead atoms. The molecule has 0 aliphatic rings. The Morgan fingerprint density at radius 1 is 1.22 bits per heavy atom. The predicted molar refractivity (Wildman–Crippen MR) is 75.1 cm³/mol. The van der Waals surface area contributed by atoms with Gasteiger partial charge in [0.05, 0.1) is 11.9 Å². The van der Waals surface area contributed by atoms with E-state index in [1.807, 2.05) is 6.20 Å². The molecule has 96 valence electrons. The van der Waals surface area contributed by atoms with Gasteiger partial charge in [0.25, 0.3) is 0 Å². The zero-order chi connectivity index (χ0) is 13.0. The molecule has 1 heterocycles. The maximum Gasteiger partial charge on any atom is 0.0678 e. The van der Waals surface area contributed by atoms with Gasteiger partial charge in [0, 0.05) is 17.8 Å². The molecule has 18 heavy (non-hydrogen) atoms. The number of nitrogens with zero attached hydrogens (tertiary/aromatic N) is 2. The van der Waals surface area contributed by atoms with E-state index in [0.29, 0.717) is 0 Å². The van der Waals surface area contributed by atoms with Crippen LogP contribution in [0.5, 0.6) is 0 Å². The molecule has 0 radical (unpaired) electrons. The van der Waals surface area contributed by atoms with E-state index in [-0.39, 0.29) is 0 Å². The Balaban J connectivity index is 2.40. The Hall–Kier alpha value is -1.61. The summed E-state index contributed by atoms with van der Waals surface area (Å²) >= 11 is 0. The SMILES string of the molecule is CCNCc1cnn(-c2ccccc2C)c1CC. The second kappa shape index (κ2) is 5.83. The molecule has 0 aliphatic heterocycles. The highest BCUT2D eigenvalue weighted by atomic mass is 15.3. The zero-order valence-electron chi connectivity index (χ0n) is 11.4. The molecule has 2 rings (SSSR count). The van der Waals surface area contributed by atoms with Crippen LogP contribution in [0, 0.1) is 6.92 Å². The second-order valence-corrected chi connectivity index (χ2v) is 4.45. The fourth-order valence-corrected chi connectivity index (χ4v) is 2.20. The van der Waals surface area contributed by atoms with Crippen LogP contribution in [0.1, 0.15) is 30.7 Å². The Labute approximate surface area is 109 Å². The van der Waals surface area contributed by atoms with E-state index in [2.05, 4.69) is 60.1 Å². The summed E-state index contributed by atoms with van der Waals surface area (Å²) in [5, 5.41) is 7.91. The first-order valence-electron chi connectivity index (χ1n) is 6.60. The number of hydrogen-bond acceptors (Lipinski definition) is 2. The van der Waals surface area contributed by atoms with Crippen molar-refractivity contribution in [1.82, 2.24) is 15.1 Å². The maximum absolute atomic E-state index is 4.55. The van der Waals surface area contributed by atoms with Crippen molar-refractivity contribution in [2.75, 3.05) is 6.54 Å². The van der Waals surface area contributed by atoms with Gasteiger partial charge in [-0.25, -0.2) is 4.68 Å². The third-order valence-electron chi connectivity index (χ3n) is 3.20. The van der Waals surface area contributed by atoms with Gasteiger partial charge in [-0.2, -0.15) is 5.10 Å². The summed E-state index contributed by atoms with van der Waals surface area (Å²) in [5.74, 6) is 0. The van der Waals surface area contributed by atoms with Crippen molar-refractivity contribution in [2.24, 2.45) is 0 Å². The van der Waals surface area contributed by atoms with Crippen LogP contribution in [-0.4, -0.2) is 16.3 Å². The molecule has 0 saturated carbocycles. The summed E-state index contributed by atoms with van der Waals surface area (Å²) < 4.78 is 2.07. The second-order valence-electron chi connectivity index (χ2n) is 4.45. The maximum atomic E-state index is 4.55. The average molecular weight is 243 g/mol. The molecule has 3 nitrogen and oxygen atoms in total. The topological polar surface area (TPSA) is 29.9 Å². The van der Waals surface area contributed by atoms with Crippen molar-refractivity contribution < 1.29 is 0 Å². The predicted octanol–water partition coefficient (Wildman–Crippen LogP) is 2.85. The number of para-hydroxylation sites is 1. The number of aryl methyl sites for hydroxylation is 1. The van der Waals surface area contributed by atoms with Crippen LogP contribution in [0.25, 0.3) is 5.69 Å². The first-order chi connectivity index (χ1) is 8.77. The lowest BCUT2D eigenvalue weighted by Gasteiger charge is -2.10. The summed E-state index contributed by atoms with van der Waals surface area (Å²) in [6, 6.07) is 8.37. The lowest BCUT2D eigenvalue weighted by molar-refractivity contribution is 0.715. The summed E-state index contributed by atoms with van der Waals surface area (Å²) in [6.07, 6.45) is 2.98. The van der Waals surface area contributed by atoms with Gasteiger partial charge < -0.3 is 5.32 Å². The summed E-state index contributed by atoms with van der Waals surface area (Å²) in [7, 11) is 0. The van der Waals surface area contributed by atoms with Crippen molar-refractivity contribution in [2.45, 2.75) is 33.7 Å². The first-order valence-corrected chi connectivity index (χ1v) is 6.60. The van der Waals surface area contributed by atoms with Crippen LogP contribution in [0.3, 0.4) is 0 Å². The molecule has 0 amide bonds. The van der Waals surface area contributed by atoms with Crippen molar-refractivity contribution in [3.8, 4) is 5.69 Å². The first kappa shape index (κ1) is 12.8. The number of aromatic nitrogens is 2. The number of hydrogen-bond donors (Lipinski definition) is 1. The van der Waals surface area contributed by atoms with E-state index in [0.717, 1.165) is 19.5 Å². The van der Waals surface area contributed by atoms with Gasteiger partial charge in [-0.3, -0.25) is 0 Å². The van der Waals surface area contributed by atoms with Crippen LogP contribution < -0.4 is 5.32 Å². The van der Waals surface area contributed by atoms with Crippen molar-refractivity contribution >= 4 is 0 Å². The highest BCUT2D eigenvalue weighted by molar-refractivity contribution is 5.41. The average Bonchev–Trinajstić information content (AvgIpc) is 2.79. The lowest BCUT2D eigenvalue weighted by Crippen LogP contribution is -2.13. The normalized spacial score (nSPS) is 10.8. The zero-order valence-corrected chi connectivity index (χ0v) is 11.4. The number of rotatable bonds is 5. The highest BCUT2D eigenvalue weighted by Gasteiger charge is 2.11. The van der Waals surface area contributed by atoms with Crippen molar-refractivity contribution in [3.63, 3.8) is 0 Å². The van der Waals surface area contributed by atoms with Crippen LogP contribution in [-0.2, 0) is 13.0 Å². The third kappa shape index (κ3) is 2.46. The van der Waals surface area contributed by atoms with E-state index in [9.17, 15) is 0 Å². The molecule has 1 aromatic heterocycles. The molecular weight excluding hydrogens is 222 g/mol. The third-order valence-corrected chi connectivity index (χ3v) is 3.20. The van der Waals surface area contributed by atoms with Gasteiger partial charge in [-0.05, 0) is 31.5 Å². The minimum absolute atomic E-state index is 0.894. The van der Waals surface area contributed by atoms with E-state index in [1.54, 1.807) is 0 Å². The van der Waals surface area contributed by atoms with Gasteiger partial charge in [-0.15, -0.1) is 0 Å². The number of nitrogens with one attached hydrogen (secondary N) is 1. The number of benzene rings is 1. The molecule has 0 spiro atoms. The van der Waals surface area contributed by atoms with Gasteiger partial charge >= 0.3 is 0 Å². The molecule has 0 unspecified atom stereocenters. The van der Waals surface area contributed by atoms with Crippen LogP contribution in [0.15, 0.2) is 30.5 Å². The molecule has 0 fully saturated rings. The monoisotopic (exact) mass is 243 g/mol. The highest BCUT2D eigenvalue weighted by Crippen LogP contribution is 2.18. The molecular formula is C15H21N3. The van der Waals surface area contributed by atoms with Gasteiger partial charge in [0.1, 0.15) is 0 Å². The molecule has 1 aromatic carbocycles. The Bertz CT molecular complexity index is 514. The fourth-order valence-electron chi connectivity index (χ4n) is 2.20. The summed E-state index contributed by atoms with van der Waals surface area (Å²) in [4.78, 5) is 0. The molecule has 2 aromatic rings.